The number of pyridine rings is 2. The lowest BCUT2D eigenvalue weighted by molar-refractivity contribution is 0.838. The molecule has 0 N–H and O–H groups in total. The monoisotopic (exact) mass is 616 g/mol. The average molecular weight is 617 g/mol. The smallest absolute Gasteiger partial charge is 0.146 e. The van der Waals surface area contributed by atoms with Crippen molar-refractivity contribution in [3.63, 3.8) is 0 Å². The topological polar surface area (TPSA) is 8.82 Å². The van der Waals surface area contributed by atoms with Gasteiger partial charge in [0.1, 0.15) is 16.1 Å². The Morgan fingerprint density at radius 1 is 0.477 bits per heavy atom. The zero-order valence-corrected chi connectivity index (χ0v) is 31.1. The molecule has 2 nitrogen and oxygen atoms in total. The minimum absolute atomic E-state index is 0.574. The standard InChI is InChI=1S/C40H52N2Si2/c1-27(2)43(28(3)4,29(5)6)23-19-35-37-25-33-17-14-16-22-42(33)40(37)36(20-24-44(30(7)8,31(9)10)32(11)12)38-26-34-18-13-15-21-41(34)39(35)38/h13-18,21-22,25-32H,1-12H3. The van der Waals surface area contributed by atoms with Crippen LogP contribution in [0.15, 0.2) is 60.9 Å². The molecular weight excluding hydrogens is 565 g/mol. The van der Waals surface area contributed by atoms with Crippen LogP contribution in [-0.2, 0) is 0 Å². The van der Waals surface area contributed by atoms with E-state index >= 15 is 0 Å². The molecule has 0 saturated carbocycles. The third-order valence-corrected chi connectivity index (χ3v) is 23.5. The van der Waals surface area contributed by atoms with Gasteiger partial charge < -0.3 is 8.80 Å². The fourth-order valence-corrected chi connectivity index (χ4v) is 19.3. The van der Waals surface area contributed by atoms with E-state index in [1.807, 2.05) is 0 Å². The lowest BCUT2D eigenvalue weighted by atomic mass is 10.0. The molecule has 0 aliphatic carbocycles. The molecule has 0 bridgehead atoms. The second-order valence-electron chi connectivity index (χ2n) is 14.8. The third-order valence-electron chi connectivity index (χ3n) is 10.9. The number of benzene rings is 1. The molecule has 0 aliphatic rings. The Kier molecular flexibility index (Phi) is 8.76. The highest BCUT2D eigenvalue weighted by molar-refractivity contribution is 6.91. The number of fused-ring (bicyclic) bond motifs is 6. The average Bonchev–Trinajstić information content (AvgIpc) is 3.52. The summed E-state index contributed by atoms with van der Waals surface area (Å²) in [5, 5.41) is 2.43. The van der Waals surface area contributed by atoms with Gasteiger partial charge in [-0.05, 0) is 69.6 Å². The summed E-state index contributed by atoms with van der Waals surface area (Å²) in [5.41, 5.74) is 18.7. The molecule has 5 rings (SSSR count). The molecule has 0 spiro atoms. The molecule has 0 unspecified atom stereocenters. The van der Waals surface area contributed by atoms with Crippen molar-refractivity contribution in [2.45, 2.75) is 116 Å². The molecular formula is C40H52N2Si2. The largest absolute Gasteiger partial charge is 0.315 e. The number of hydrogen-bond donors (Lipinski definition) is 0. The van der Waals surface area contributed by atoms with Gasteiger partial charge in [0.15, 0.2) is 0 Å². The lowest BCUT2D eigenvalue weighted by Gasteiger charge is -2.38. The van der Waals surface area contributed by atoms with Crippen molar-refractivity contribution in [1.29, 1.82) is 0 Å². The van der Waals surface area contributed by atoms with Crippen LogP contribution in [0.25, 0.3) is 32.8 Å². The summed E-state index contributed by atoms with van der Waals surface area (Å²) >= 11 is 0. The Labute approximate surface area is 268 Å². The molecule has 4 heteroatoms. The second kappa shape index (κ2) is 12.0. The van der Waals surface area contributed by atoms with Crippen LogP contribution in [0, 0.1) is 22.9 Å². The van der Waals surface area contributed by atoms with Crippen LogP contribution in [-0.4, -0.2) is 24.9 Å². The highest BCUT2D eigenvalue weighted by Crippen LogP contribution is 2.43. The summed E-state index contributed by atoms with van der Waals surface area (Å²) in [4.78, 5) is 0. The Balaban J connectivity index is 2.01. The minimum Gasteiger partial charge on any atom is -0.315 e. The zero-order valence-electron chi connectivity index (χ0n) is 29.1. The Bertz CT molecular complexity index is 1770. The van der Waals surface area contributed by atoms with E-state index in [4.69, 9.17) is 0 Å². The van der Waals surface area contributed by atoms with E-state index in [1.165, 1.54) is 32.8 Å². The summed E-state index contributed by atoms with van der Waals surface area (Å²) in [7, 11) is -3.92. The first-order valence-corrected chi connectivity index (χ1v) is 21.3. The van der Waals surface area contributed by atoms with E-state index in [2.05, 4.69) is 176 Å². The van der Waals surface area contributed by atoms with E-state index in [0.717, 1.165) is 11.1 Å². The molecule has 0 radical (unpaired) electrons. The van der Waals surface area contributed by atoms with Crippen LogP contribution in [0.5, 0.6) is 0 Å². The maximum atomic E-state index is 4.09. The molecule has 4 aromatic heterocycles. The van der Waals surface area contributed by atoms with Crippen molar-refractivity contribution < 1.29 is 0 Å². The first-order chi connectivity index (χ1) is 20.8. The maximum Gasteiger partial charge on any atom is 0.146 e. The molecule has 4 heterocycles. The van der Waals surface area contributed by atoms with Gasteiger partial charge in [-0.3, -0.25) is 0 Å². The molecule has 230 valence electrons. The third kappa shape index (κ3) is 4.86. The van der Waals surface area contributed by atoms with E-state index in [-0.39, 0.29) is 0 Å². The predicted octanol–water partition coefficient (Wildman–Crippen LogP) is 11.6. The molecule has 0 amide bonds. The van der Waals surface area contributed by atoms with Crippen LogP contribution >= 0.6 is 0 Å². The molecule has 44 heavy (non-hydrogen) atoms. The van der Waals surface area contributed by atoms with Crippen molar-refractivity contribution in [2.24, 2.45) is 0 Å². The zero-order chi connectivity index (χ0) is 32.1. The minimum atomic E-state index is -1.96. The van der Waals surface area contributed by atoms with Crippen LogP contribution < -0.4 is 0 Å². The maximum absolute atomic E-state index is 4.09. The van der Waals surface area contributed by atoms with Gasteiger partial charge in [-0.2, -0.15) is 0 Å². The molecule has 1 aromatic carbocycles. The fraction of sp³-hybridized carbons (Fsp3) is 0.450. The number of rotatable bonds is 6. The van der Waals surface area contributed by atoms with Crippen molar-refractivity contribution in [3.8, 4) is 22.9 Å². The van der Waals surface area contributed by atoms with Gasteiger partial charge in [0.05, 0.1) is 22.2 Å². The van der Waals surface area contributed by atoms with Crippen molar-refractivity contribution in [2.75, 3.05) is 0 Å². The quantitative estimate of drug-likeness (QED) is 0.133. The van der Waals surface area contributed by atoms with E-state index in [1.54, 1.807) is 0 Å². The number of aromatic nitrogens is 2. The van der Waals surface area contributed by atoms with E-state index in [9.17, 15) is 0 Å². The molecule has 0 atom stereocenters. The Morgan fingerprint density at radius 3 is 1.09 bits per heavy atom. The highest BCUT2D eigenvalue weighted by atomic mass is 28.3. The molecule has 0 fully saturated rings. The summed E-state index contributed by atoms with van der Waals surface area (Å²) in [6.07, 6.45) is 4.41. The summed E-state index contributed by atoms with van der Waals surface area (Å²) in [6.45, 7) is 28.8. The second-order valence-corrected chi connectivity index (χ2v) is 26.0. The van der Waals surface area contributed by atoms with E-state index in [0.29, 0.717) is 33.2 Å². The van der Waals surface area contributed by atoms with Crippen LogP contribution in [0.4, 0.5) is 0 Å². The predicted molar refractivity (Wildman–Crippen MR) is 199 cm³/mol. The highest BCUT2D eigenvalue weighted by Gasteiger charge is 2.43. The number of hydrogen-bond acceptors (Lipinski definition) is 0. The SMILES string of the molecule is CC(C)[Si](C#Cc1c2cc3ccccn3c2c(C#C[Si](C(C)C)(C(C)C)C(C)C)c2cc3ccccn3c12)(C(C)C)C(C)C. The van der Waals surface area contributed by atoms with Gasteiger partial charge in [0, 0.05) is 34.2 Å². The van der Waals surface area contributed by atoms with Gasteiger partial charge in [-0.1, -0.05) is 107 Å². The van der Waals surface area contributed by atoms with Crippen LogP contribution in [0.2, 0.25) is 33.2 Å². The first kappa shape index (κ1) is 32.2. The van der Waals surface area contributed by atoms with Crippen LogP contribution in [0.3, 0.4) is 0 Å². The fourth-order valence-electron chi connectivity index (χ4n) is 8.85. The normalized spacial score (nSPS) is 13.0. The van der Waals surface area contributed by atoms with Crippen molar-refractivity contribution in [3.05, 3.63) is 72.1 Å². The van der Waals surface area contributed by atoms with Gasteiger partial charge in [0.2, 0.25) is 0 Å². The summed E-state index contributed by atoms with van der Waals surface area (Å²) in [6, 6.07) is 17.7. The molecule has 0 saturated heterocycles. The molecule has 0 aliphatic heterocycles. The van der Waals surface area contributed by atoms with E-state index < -0.39 is 16.1 Å². The van der Waals surface area contributed by atoms with Gasteiger partial charge in [-0.15, -0.1) is 11.1 Å². The Morgan fingerprint density at radius 2 is 0.795 bits per heavy atom. The van der Waals surface area contributed by atoms with Gasteiger partial charge >= 0.3 is 0 Å². The molecule has 5 aromatic rings. The summed E-state index contributed by atoms with van der Waals surface area (Å²) in [5.74, 6) is 7.89. The van der Waals surface area contributed by atoms with Gasteiger partial charge in [0.25, 0.3) is 0 Å². The van der Waals surface area contributed by atoms with Crippen molar-refractivity contribution >= 4 is 49.0 Å². The first-order valence-electron chi connectivity index (χ1n) is 16.8. The van der Waals surface area contributed by atoms with Crippen molar-refractivity contribution in [1.82, 2.24) is 8.80 Å². The van der Waals surface area contributed by atoms with Gasteiger partial charge in [-0.25, -0.2) is 0 Å². The Hall–Kier alpha value is -3.19. The lowest BCUT2D eigenvalue weighted by Crippen LogP contribution is -2.43. The number of nitrogens with zero attached hydrogens (tertiary/aromatic N) is 2. The summed E-state index contributed by atoms with van der Waals surface area (Å²) < 4.78 is 4.71. The van der Waals surface area contributed by atoms with Crippen LogP contribution in [0.1, 0.15) is 94.2 Å².